The van der Waals surface area contributed by atoms with Crippen molar-refractivity contribution in [1.82, 2.24) is 5.32 Å². The summed E-state index contributed by atoms with van der Waals surface area (Å²) in [6.45, 7) is 4.87. The van der Waals surface area contributed by atoms with Gasteiger partial charge < -0.3 is 33.7 Å². The van der Waals surface area contributed by atoms with E-state index in [-0.39, 0.29) is 6.61 Å². The van der Waals surface area contributed by atoms with Crippen molar-refractivity contribution in [3.8, 4) is 0 Å². The van der Waals surface area contributed by atoms with Crippen LogP contribution in [0.4, 0.5) is 0 Å². The maximum atomic E-state index is 13.0. The van der Waals surface area contributed by atoms with Crippen LogP contribution in [0.1, 0.15) is 40.2 Å². The third-order valence-electron chi connectivity index (χ3n) is 5.13. The Hall–Kier alpha value is -4.42. The maximum Gasteiger partial charge on any atom is 0.373 e. The fraction of sp³-hybridized carbons (Fsp3) is 0.462. The molecule has 1 heterocycles. The molecular formula is C26H31NO12. The average Bonchev–Trinajstić information content (AvgIpc) is 2.84. The molecule has 13 nitrogen and oxygen atoms in total. The minimum atomic E-state index is -1.55. The van der Waals surface area contributed by atoms with E-state index in [9.17, 15) is 28.8 Å². The van der Waals surface area contributed by atoms with Crippen LogP contribution in [0.3, 0.4) is 0 Å². The third kappa shape index (κ3) is 10.1. The molecule has 0 fully saturated rings. The highest BCUT2D eigenvalue weighted by Gasteiger charge is 2.49. The fourth-order valence-corrected chi connectivity index (χ4v) is 3.73. The minimum Gasteiger partial charge on any atom is -0.477 e. The van der Waals surface area contributed by atoms with E-state index >= 15 is 0 Å². The predicted molar refractivity (Wildman–Crippen MR) is 130 cm³/mol. The second-order valence-electron chi connectivity index (χ2n) is 8.50. The first-order chi connectivity index (χ1) is 18.4. The quantitative estimate of drug-likeness (QED) is 0.306. The van der Waals surface area contributed by atoms with Crippen molar-refractivity contribution in [2.24, 2.45) is 0 Å². The summed E-state index contributed by atoms with van der Waals surface area (Å²) in [5, 5.41) is 2.55. The first-order valence-corrected chi connectivity index (χ1v) is 11.9. The van der Waals surface area contributed by atoms with Crippen LogP contribution < -0.4 is 5.32 Å². The van der Waals surface area contributed by atoms with E-state index in [2.05, 4.69) is 5.32 Å². The second kappa shape index (κ2) is 14.5. The summed E-state index contributed by atoms with van der Waals surface area (Å²) in [5.74, 6) is -5.10. The molecule has 5 atom stereocenters. The molecular weight excluding hydrogens is 518 g/mol. The van der Waals surface area contributed by atoms with Crippen LogP contribution in [-0.2, 0) is 63.8 Å². The fourth-order valence-electron chi connectivity index (χ4n) is 3.73. The van der Waals surface area contributed by atoms with Crippen LogP contribution in [0, 0.1) is 0 Å². The number of rotatable bonds is 11. The zero-order valence-electron chi connectivity index (χ0n) is 22.2. The first kappa shape index (κ1) is 30.8. The van der Waals surface area contributed by atoms with Gasteiger partial charge in [0.25, 0.3) is 0 Å². The zero-order valence-corrected chi connectivity index (χ0v) is 22.2. The van der Waals surface area contributed by atoms with Crippen LogP contribution >= 0.6 is 0 Å². The molecule has 3 unspecified atom stereocenters. The van der Waals surface area contributed by atoms with Crippen LogP contribution in [-0.4, -0.2) is 72.8 Å². The monoisotopic (exact) mass is 549 g/mol. The molecule has 2 rings (SSSR count). The summed E-state index contributed by atoms with van der Waals surface area (Å²) in [6.07, 6.45) is -4.62. The molecule has 0 saturated carbocycles. The Labute approximate surface area is 224 Å². The van der Waals surface area contributed by atoms with Crippen molar-refractivity contribution in [2.75, 3.05) is 6.61 Å². The smallest absolute Gasteiger partial charge is 0.373 e. The highest BCUT2D eigenvalue weighted by Crippen LogP contribution is 2.28. The Morgan fingerprint density at radius 1 is 0.846 bits per heavy atom. The summed E-state index contributed by atoms with van der Waals surface area (Å²) in [4.78, 5) is 72.4. The molecule has 212 valence electrons. The normalized spacial score (nSPS) is 19.6. The number of carbonyl (C=O) groups excluding carboxylic acids is 6. The third-order valence-corrected chi connectivity index (χ3v) is 5.13. The van der Waals surface area contributed by atoms with Crippen LogP contribution in [0.25, 0.3) is 0 Å². The van der Waals surface area contributed by atoms with Gasteiger partial charge >= 0.3 is 29.8 Å². The van der Waals surface area contributed by atoms with Gasteiger partial charge in [-0.25, -0.2) is 4.79 Å². The second-order valence-corrected chi connectivity index (χ2v) is 8.50. The molecule has 1 aliphatic heterocycles. The van der Waals surface area contributed by atoms with Crippen molar-refractivity contribution >= 4 is 35.8 Å². The number of amides is 1. The van der Waals surface area contributed by atoms with Crippen LogP contribution in [0.5, 0.6) is 0 Å². The van der Waals surface area contributed by atoms with E-state index in [0.717, 1.165) is 33.8 Å². The van der Waals surface area contributed by atoms with Gasteiger partial charge in [-0.2, -0.15) is 0 Å². The van der Waals surface area contributed by atoms with Crippen LogP contribution in [0.15, 0.2) is 42.2 Å². The summed E-state index contributed by atoms with van der Waals surface area (Å²) >= 11 is 0. The Morgan fingerprint density at radius 2 is 1.49 bits per heavy atom. The highest BCUT2D eigenvalue weighted by atomic mass is 16.6. The number of benzene rings is 1. The Kier molecular flexibility index (Phi) is 11.5. The SMILES string of the molecule is CC(=O)NC1C(OC(C)=O)C=C(C(=O)OCc2ccccc2)OC1[C@H](OC(C)=O)[C@@H](COC(C)=O)OC(C)=O. The van der Waals surface area contributed by atoms with Gasteiger partial charge in [-0.3, -0.25) is 24.0 Å². The van der Waals surface area contributed by atoms with E-state index in [4.69, 9.17) is 28.4 Å². The lowest BCUT2D eigenvalue weighted by Crippen LogP contribution is -2.62. The van der Waals surface area contributed by atoms with Crippen LogP contribution in [0.2, 0.25) is 0 Å². The van der Waals surface area contributed by atoms with E-state index in [0.29, 0.717) is 5.56 Å². The lowest BCUT2D eigenvalue weighted by molar-refractivity contribution is -0.192. The van der Waals surface area contributed by atoms with Crippen molar-refractivity contribution < 1.29 is 57.2 Å². The number of hydrogen-bond acceptors (Lipinski definition) is 12. The van der Waals surface area contributed by atoms with Crippen molar-refractivity contribution in [1.29, 1.82) is 0 Å². The summed E-state index contributed by atoms with van der Waals surface area (Å²) in [5.41, 5.74) is 0.681. The van der Waals surface area contributed by atoms with Gasteiger partial charge in [0, 0.05) is 40.7 Å². The van der Waals surface area contributed by atoms with E-state index < -0.39 is 78.6 Å². The van der Waals surface area contributed by atoms with Gasteiger partial charge in [0.05, 0.1) is 0 Å². The zero-order chi connectivity index (χ0) is 29.1. The minimum absolute atomic E-state index is 0.117. The van der Waals surface area contributed by atoms with E-state index in [1.165, 1.54) is 6.92 Å². The average molecular weight is 550 g/mol. The van der Waals surface area contributed by atoms with Crippen molar-refractivity contribution in [3.05, 3.63) is 47.7 Å². The van der Waals surface area contributed by atoms with Gasteiger partial charge in [0.2, 0.25) is 11.7 Å². The summed E-state index contributed by atoms with van der Waals surface area (Å²) in [7, 11) is 0. The van der Waals surface area contributed by atoms with E-state index in [1.54, 1.807) is 30.3 Å². The molecule has 0 aromatic heterocycles. The molecule has 0 aliphatic carbocycles. The molecule has 13 heteroatoms. The molecule has 0 spiro atoms. The molecule has 1 amide bonds. The molecule has 1 aliphatic rings. The Morgan fingerprint density at radius 3 is 2.03 bits per heavy atom. The number of esters is 5. The van der Waals surface area contributed by atoms with Gasteiger partial charge in [-0.05, 0) is 5.56 Å². The van der Waals surface area contributed by atoms with Crippen molar-refractivity contribution in [2.45, 2.75) is 71.7 Å². The molecule has 1 aromatic rings. The van der Waals surface area contributed by atoms with Gasteiger partial charge in [-0.1, -0.05) is 30.3 Å². The number of hydrogen-bond donors (Lipinski definition) is 1. The number of ether oxygens (including phenoxy) is 6. The maximum absolute atomic E-state index is 13.0. The molecule has 39 heavy (non-hydrogen) atoms. The molecule has 0 radical (unpaired) electrons. The summed E-state index contributed by atoms with van der Waals surface area (Å²) in [6, 6.07) is 7.53. The topological polar surface area (TPSA) is 170 Å². The van der Waals surface area contributed by atoms with Gasteiger partial charge in [-0.15, -0.1) is 0 Å². The molecule has 0 saturated heterocycles. The lowest BCUT2D eigenvalue weighted by atomic mass is 9.93. The Balaban J connectivity index is 2.52. The van der Waals surface area contributed by atoms with Gasteiger partial charge in [0.15, 0.2) is 18.3 Å². The van der Waals surface area contributed by atoms with Gasteiger partial charge in [0.1, 0.15) is 25.4 Å². The first-order valence-electron chi connectivity index (χ1n) is 11.9. The largest absolute Gasteiger partial charge is 0.477 e. The standard InChI is InChI=1S/C26H31NO12/c1-14(28)27-23-20(36-16(3)30)11-21(26(33)35-12-19-9-7-6-8-10-19)39-25(23)24(38-18(5)32)22(37-17(4)31)13-34-15(2)29/h6-11,20,22-25H,12-13H2,1-5H3,(H,27,28)/t20?,22-,23?,24-,25?/m1/s1. The molecule has 1 N–H and O–H groups in total. The van der Waals surface area contributed by atoms with Crippen molar-refractivity contribution in [3.63, 3.8) is 0 Å². The molecule has 1 aromatic carbocycles. The molecule has 0 bridgehead atoms. The lowest BCUT2D eigenvalue weighted by Gasteiger charge is -2.41. The number of nitrogens with one attached hydrogen (secondary N) is 1. The predicted octanol–water partition coefficient (Wildman–Crippen LogP) is 0.875. The number of carbonyl (C=O) groups is 6. The highest BCUT2D eigenvalue weighted by molar-refractivity contribution is 5.87. The van der Waals surface area contributed by atoms with E-state index in [1.807, 2.05) is 0 Å². The Bertz CT molecular complexity index is 1100. The summed E-state index contributed by atoms with van der Waals surface area (Å²) < 4.78 is 32.2.